The third-order valence-corrected chi connectivity index (χ3v) is 3.85. The highest BCUT2D eigenvalue weighted by atomic mass is 35.5. The van der Waals surface area contributed by atoms with Gasteiger partial charge in [0.2, 0.25) is 5.91 Å². The van der Waals surface area contributed by atoms with Gasteiger partial charge in [-0.3, -0.25) is 9.59 Å². The zero-order chi connectivity index (χ0) is 17.9. The molecular weight excluding hydrogens is 331 g/mol. The van der Waals surface area contributed by atoms with Crippen LogP contribution in [0.2, 0.25) is 5.02 Å². The summed E-state index contributed by atoms with van der Waals surface area (Å²) in [5.74, 6) is -0.855. The monoisotopic (exact) mass is 348 g/mol. The normalized spacial score (nSPS) is 10.4. The Labute approximate surface area is 145 Å². The maximum atomic E-state index is 13.6. The molecule has 6 heteroatoms. The van der Waals surface area contributed by atoms with E-state index in [1.54, 1.807) is 38.2 Å². The van der Waals surface area contributed by atoms with E-state index in [1.807, 2.05) is 0 Å². The van der Waals surface area contributed by atoms with Crippen molar-refractivity contribution in [2.24, 2.45) is 0 Å². The third kappa shape index (κ3) is 4.32. The summed E-state index contributed by atoms with van der Waals surface area (Å²) >= 11 is 6.10. The number of hydrogen-bond acceptors (Lipinski definition) is 2. The van der Waals surface area contributed by atoms with Crippen molar-refractivity contribution < 1.29 is 14.0 Å². The van der Waals surface area contributed by atoms with Crippen molar-refractivity contribution in [2.45, 2.75) is 20.4 Å². The van der Waals surface area contributed by atoms with E-state index in [4.69, 9.17) is 11.6 Å². The number of halogens is 2. The topological polar surface area (TPSA) is 49.4 Å². The van der Waals surface area contributed by atoms with E-state index >= 15 is 0 Å². The van der Waals surface area contributed by atoms with Crippen molar-refractivity contribution in [3.8, 4) is 0 Å². The van der Waals surface area contributed by atoms with E-state index in [9.17, 15) is 14.0 Å². The molecule has 4 nitrogen and oxygen atoms in total. The van der Waals surface area contributed by atoms with E-state index in [2.05, 4.69) is 5.32 Å². The van der Waals surface area contributed by atoms with Gasteiger partial charge in [0.1, 0.15) is 5.82 Å². The summed E-state index contributed by atoms with van der Waals surface area (Å²) in [7, 11) is 1.61. The fraction of sp³-hybridized carbons (Fsp3) is 0.222. The summed E-state index contributed by atoms with van der Waals surface area (Å²) in [6.07, 6.45) is 0. The molecule has 0 spiro atoms. The molecule has 126 valence electrons. The van der Waals surface area contributed by atoms with E-state index in [0.29, 0.717) is 16.8 Å². The molecule has 0 atom stereocenters. The van der Waals surface area contributed by atoms with Crippen LogP contribution in [0.15, 0.2) is 36.4 Å². The number of nitrogens with zero attached hydrogens (tertiary/aromatic N) is 1. The van der Waals surface area contributed by atoms with Gasteiger partial charge >= 0.3 is 0 Å². The van der Waals surface area contributed by atoms with Crippen LogP contribution in [-0.4, -0.2) is 23.8 Å². The quantitative estimate of drug-likeness (QED) is 0.907. The van der Waals surface area contributed by atoms with Crippen LogP contribution >= 0.6 is 11.6 Å². The van der Waals surface area contributed by atoms with Gasteiger partial charge in [0.15, 0.2) is 0 Å². The van der Waals surface area contributed by atoms with Gasteiger partial charge in [-0.2, -0.15) is 0 Å². The number of nitrogens with one attached hydrogen (secondary N) is 1. The van der Waals surface area contributed by atoms with Crippen LogP contribution < -0.4 is 5.32 Å². The van der Waals surface area contributed by atoms with Gasteiger partial charge in [-0.05, 0) is 42.3 Å². The first kappa shape index (κ1) is 17.9. The minimum Gasteiger partial charge on any atom is -0.337 e. The summed E-state index contributed by atoms with van der Waals surface area (Å²) < 4.78 is 13.6. The summed E-state index contributed by atoms with van der Waals surface area (Å²) in [6, 6.07) is 9.56. The summed E-state index contributed by atoms with van der Waals surface area (Å²) in [4.78, 5) is 25.2. The molecular formula is C18H18ClFN2O2. The van der Waals surface area contributed by atoms with Gasteiger partial charge in [-0.1, -0.05) is 23.7 Å². The van der Waals surface area contributed by atoms with Gasteiger partial charge in [-0.25, -0.2) is 4.39 Å². The molecule has 2 amide bonds. The number of carbonyl (C=O) groups is 2. The molecule has 0 heterocycles. The lowest BCUT2D eigenvalue weighted by Gasteiger charge is -2.19. The minimum atomic E-state index is -0.312. The molecule has 0 unspecified atom stereocenters. The Morgan fingerprint density at radius 3 is 2.54 bits per heavy atom. The molecule has 2 aromatic carbocycles. The summed E-state index contributed by atoms with van der Waals surface area (Å²) in [5, 5.41) is 2.90. The fourth-order valence-corrected chi connectivity index (χ4v) is 2.45. The van der Waals surface area contributed by atoms with Crippen molar-refractivity contribution >= 4 is 29.1 Å². The number of hydrogen-bond donors (Lipinski definition) is 1. The Hall–Kier alpha value is -2.40. The Kier molecular flexibility index (Phi) is 5.57. The molecule has 0 aliphatic rings. The second-order valence-corrected chi connectivity index (χ2v) is 6.03. The van der Waals surface area contributed by atoms with E-state index < -0.39 is 0 Å². The first-order valence-electron chi connectivity index (χ1n) is 7.35. The lowest BCUT2D eigenvalue weighted by Crippen LogP contribution is -2.26. The van der Waals surface area contributed by atoms with Crippen molar-refractivity contribution in [1.82, 2.24) is 4.90 Å². The number of amides is 2. The number of benzene rings is 2. The first-order valence-corrected chi connectivity index (χ1v) is 7.73. The Morgan fingerprint density at radius 1 is 1.21 bits per heavy atom. The number of rotatable bonds is 4. The zero-order valence-electron chi connectivity index (χ0n) is 13.7. The first-order chi connectivity index (χ1) is 11.3. The largest absolute Gasteiger partial charge is 0.337 e. The molecule has 0 radical (unpaired) electrons. The molecule has 0 aliphatic heterocycles. The molecule has 0 fully saturated rings. The highest BCUT2D eigenvalue weighted by molar-refractivity contribution is 6.34. The summed E-state index contributed by atoms with van der Waals surface area (Å²) in [5.41, 5.74) is 2.00. The SMILES string of the molecule is CC(=O)Nc1ccc(Cl)c(C(=O)N(C)Cc2ccc(C)c(F)c2)c1. The average molecular weight is 349 g/mol. The molecule has 2 aromatic rings. The Bertz CT molecular complexity index is 793. The lowest BCUT2D eigenvalue weighted by molar-refractivity contribution is -0.114. The molecule has 0 saturated heterocycles. The number of carbonyl (C=O) groups excluding carboxylic acids is 2. The lowest BCUT2D eigenvalue weighted by atomic mass is 10.1. The second kappa shape index (κ2) is 7.45. The van der Waals surface area contributed by atoms with E-state index in [1.165, 1.54) is 24.0 Å². The van der Waals surface area contributed by atoms with Crippen LogP contribution in [0, 0.1) is 12.7 Å². The van der Waals surface area contributed by atoms with Gasteiger partial charge in [0.05, 0.1) is 10.6 Å². The summed E-state index contributed by atoms with van der Waals surface area (Å²) in [6.45, 7) is 3.31. The van der Waals surface area contributed by atoms with Crippen LogP contribution in [0.25, 0.3) is 0 Å². The van der Waals surface area contributed by atoms with Gasteiger partial charge in [0.25, 0.3) is 5.91 Å². The third-order valence-electron chi connectivity index (χ3n) is 3.52. The van der Waals surface area contributed by atoms with E-state index in [0.717, 1.165) is 0 Å². The maximum absolute atomic E-state index is 13.6. The highest BCUT2D eigenvalue weighted by Crippen LogP contribution is 2.23. The van der Waals surface area contributed by atoms with Crippen molar-refractivity contribution in [1.29, 1.82) is 0 Å². The highest BCUT2D eigenvalue weighted by Gasteiger charge is 2.17. The van der Waals surface area contributed by atoms with Crippen LogP contribution in [0.1, 0.15) is 28.4 Å². The molecule has 2 rings (SSSR count). The Balaban J connectivity index is 2.20. The predicted molar refractivity (Wildman–Crippen MR) is 92.7 cm³/mol. The van der Waals surface area contributed by atoms with E-state index in [-0.39, 0.29) is 34.8 Å². The van der Waals surface area contributed by atoms with Crippen LogP contribution in [0.5, 0.6) is 0 Å². The molecule has 24 heavy (non-hydrogen) atoms. The Morgan fingerprint density at radius 2 is 1.92 bits per heavy atom. The molecule has 1 N–H and O–H groups in total. The maximum Gasteiger partial charge on any atom is 0.255 e. The fourth-order valence-electron chi connectivity index (χ4n) is 2.26. The van der Waals surface area contributed by atoms with Gasteiger partial charge < -0.3 is 10.2 Å². The predicted octanol–water partition coefficient (Wildman–Crippen LogP) is 4.02. The number of anilines is 1. The van der Waals surface area contributed by atoms with Crippen molar-refractivity contribution in [3.05, 3.63) is 63.9 Å². The minimum absolute atomic E-state index is 0.237. The van der Waals surface area contributed by atoms with Crippen molar-refractivity contribution in [3.63, 3.8) is 0 Å². The van der Waals surface area contributed by atoms with Crippen LogP contribution in [-0.2, 0) is 11.3 Å². The van der Waals surface area contributed by atoms with Gasteiger partial charge in [0, 0.05) is 26.2 Å². The standard InChI is InChI=1S/C18H18ClFN2O2/c1-11-4-5-13(8-17(11)20)10-22(3)18(24)15-9-14(21-12(2)23)6-7-16(15)19/h4-9H,10H2,1-3H3,(H,21,23). The van der Waals surface area contributed by atoms with Crippen molar-refractivity contribution in [2.75, 3.05) is 12.4 Å². The van der Waals surface area contributed by atoms with Crippen LogP contribution in [0.3, 0.4) is 0 Å². The molecule has 0 saturated carbocycles. The molecule has 0 aliphatic carbocycles. The molecule has 0 aromatic heterocycles. The van der Waals surface area contributed by atoms with Crippen LogP contribution in [0.4, 0.5) is 10.1 Å². The smallest absolute Gasteiger partial charge is 0.255 e. The second-order valence-electron chi connectivity index (χ2n) is 5.62. The number of aryl methyl sites for hydroxylation is 1. The zero-order valence-corrected chi connectivity index (χ0v) is 14.4. The average Bonchev–Trinajstić information content (AvgIpc) is 2.51. The molecule has 0 bridgehead atoms. The van der Waals surface area contributed by atoms with Gasteiger partial charge in [-0.15, -0.1) is 0 Å².